The van der Waals surface area contributed by atoms with E-state index in [1.807, 2.05) is 0 Å². The van der Waals surface area contributed by atoms with Crippen molar-refractivity contribution in [2.75, 3.05) is 0 Å². The summed E-state index contributed by atoms with van der Waals surface area (Å²) in [4.78, 5) is 0. The van der Waals surface area contributed by atoms with Gasteiger partial charge >= 0.3 is 0 Å². The van der Waals surface area contributed by atoms with Crippen LogP contribution in [0.15, 0.2) is 29.0 Å². The summed E-state index contributed by atoms with van der Waals surface area (Å²) in [7, 11) is 0. The molecular weight excluding hydrogens is 256 g/mol. The van der Waals surface area contributed by atoms with Gasteiger partial charge in [-0.05, 0) is 12.1 Å². The van der Waals surface area contributed by atoms with Gasteiger partial charge in [0.15, 0.2) is 0 Å². The van der Waals surface area contributed by atoms with Crippen molar-refractivity contribution in [2.24, 2.45) is 0 Å². The molecule has 0 amide bonds. The smallest absolute Gasteiger partial charge is 0.128 e. The number of rotatable bonds is 2. The van der Waals surface area contributed by atoms with Gasteiger partial charge < -0.3 is 4.52 Å². The average molecular weight is 263 g/mol. The zero-order valence-corrected chi connectivity index (χ0v) is 9.77. The van der Waals surface area contributed by atoms with Crippen LogP contribution in [0.2, 0.25) is 10.0 Å². The molecule has 0 unspecified atom stereocenters. The minimum Gasteiger partial charge on any atom is -0.364 e. The largest absolute Gasteiger partial charge is 0.364 e. The first-order chi connectivity index (χ1) is 7.24. The Morgan fingerprint density at radius 2 is 1.87 bits per heavy atom. The second kappa shape index (κ2) is 4.44. The molecule has 0 fully saturated rings. The minimum atomic E-state index is 0.306. The Morgan fingerprint density at radius 3 is 2.47 bits per heavy atom. The molecule has 0 aliphatic rings. The van der Waals surface area contributed by atoms with Gasteiger partial charge in [0.2, 0.25) is 0 Å². The van der Waals surface area contributed by atoms with Crippen molar-refractivity contribution in [1.29, 1.82) is 0 Å². The van der Waals surface area contributed by atoms with Crippen LogP contribution >= 0.6 is 34.8 Å². The van der Waals surface area contributed by atoms with Crippen molar-refractivity contribution >= 4 is 34.8 Å². The maximum absolute atomic E-state index is 6.04. The Bertz CT molecular complexity index is 461. The van der Waals surface area contributed by atoms with Gasteiger partial charge in [0, 0.05) is 11.1 Å². The lowest BCUT2D eigenvalue weighted by molar-refractivity contribution is 0.421. The molecule has 0 aliphatic heterocycles. The van der Waals surface area contributed by atoms with Crippen LogP contribution in [0.4, 0.5) is 0 Å². The van der Waals surface area contributed by atoms with Crippen LogP contribution in [0.5, 0.6) is 0 Å². The van der Waals surface area contributed by atoms with Crippen molar-refractivity contribution in [2.45, 2.75) is 5.88 Å². The highest BCUT2D eigenvalue weighted by Crippen LogP contribution is 2.35. The first-order valence-corrected chi connectivity index (χ1v) is 5.46. The molecule has 78 valence electrons. The summed E-state index contributed by atoms with van der Waals surface area (Å²) in [5.41, 5.74) is 2.03. The molecule has 15 heavy (non-hydrogen) atoms. The van der Waals surface area contributed by atoms with Crippen LogP contribution in [0.3, 0.4) is 0 Å². The fraction of sp³-hybridized carbons (Fsp3) is 0.100. The van der Waals surface area contributed by atoms with Gasteiger partial charge in [0.1, 0.15) is 12.0 Å². The van der Waals surface area contributed by atoms with Crippen LogP contribution < -0.4 is 0 Å². The second-order valence-electron chi connectivity index (χ2n) is 2.92. The third kappa shape index (κ3) is 1.98. The number of alkyl halides is 1. The molecule has 0 bridgehead atoms. The lowest BCUT2D eigenvalue weighted by Gasteiger charge is -2.03. The van der Waals surface area contributed by atoms with Crippen molar-refractivity contribution in [3.05, 3.63) is 40.1 Å². The van der Waals surface area contributed by atoms with E-state index in [-0.39, 0.29) is 0 Å². The van der Waals surface area contributed by atoms with E-state index in [1.54, 1.807) is 18.2 Å². The van der Waals surface area contributed by atoms with Crippen LogP contribution in [0, 0.1) is 0 Å². The molecule has 0 aliphatic carbocycles. The number of hydrogen-bond donors (Lipinski definition) is 0. The first-order valence-electron chi connectivity index (χ1n) is 4.17. The molecule has 1 aromatic heterocycles. The second-order valence-corrected chi connectivity index (χ2v) is 4.00. The van der Waals surface area contributed by atoms with Gasteiger partial charge in [0.05, 0.1) is 15.9 Å². The van der Waals surface area contributed by atoms with Crippen LogP contribution in [0.25, 0.3) is 11.3 Å². The van der Waals surface area contributed by atoms with E-state index in [0.717, 1.165) is 5.56 Å². The summed E-state index contributed by atoms with van der Waals surface area (Å²) in [6, 6.07) is 5.26. The lowest BCUT2D eigenvalue weighted by atomic mass is 10.1. The number of aromatic nitrogens is 1. The zero-order valence-electron chi connectivity index (χ0n) is 7.51. The standard InChI is InChI=1S/C10H6Cl3NO/c11-4-6-5-15-14-10(6)9-7(12)2-1-3-8(9)13/h1-3,5H,4H2. The number of halogens is 3. The maximum Gasteiger partial charge on any atom is 0.128 e. The SMILES string of the molecule is ClCc1conc1-c1c(Cl)cccc1Cl. The predicted molar refractivity (Wildman–Crippen MR) is 61.5 cm³/mol. The Kier molecular flexibility index (Phi) is 3.19. The molecular formula is C10H6Cl3NO. The molecule has 5 heteroatoms. The van der Waals surface area contributed by atoms with Crippen LogP contribution in [-0.4, -0.2) is 5.16 Å². The van der Waals surface area contributed by atoms with Crippen molar-refractivity contribution in [3.8, 4) is 11.3 Å². The van der Waals surface area contributed by atoms with E-state index in [9.17, 15) is 0 Å². The molecule has 2 rings (SSSR count). The van der Waals surface area contributed by atoms with E-state index in [1.165, 1.54) is 6.26 Å². The summed E-state index contributed by atoms with van der Waals surface area (Å²) in [5.74, 6) is 0.306. The molecule has 2 aromatic rings. The van der Waals surface area contributed by atoms with E-state index >= 15 is 0 Å². The Morgan fingerprint density at radius 1 is 1.20 bits per heavy atom. The highest BCUT2D eigenvalue weighted by atomic mass is 35.5. The topological polar surface area (TPSA) is 26.0 Å². The molecule has 1 heterocycles. The monoisotopic (exact) mass is 261 g/mol. The first kappa shape index (κ1) is 10.8. The van der Waals surface area contributed by atoms with Gasteiger partial charge in [0.25, 0.3) is 0 Å². The third-order valence-electron chi connectivity index (χ3n) is 1.99. The summed E-state index contributed by atoms with van der Waals surface area (Å²) in [6.07, 6.45) is 1.49. The van der Waals surface area contributed by atoms with Crippen LogP contribution in [-0.2, 0) is 5.88 Å². The minimum absolute atomic E-state index is 0.306. The number of hydrogen-bond acceptors (Lipinski definition) is 2. The van der Waals surface area contributed by atoms with E-state index < -0.39 is 0 Å². The molecule has 1 aromatic carbocycles. The van der Waals surface area contributed by atoms with E-state index in [0.29, 0.717) is 27.2 Å². The van der Waals surface area contributed by atoms with Gasteiger partial charge in [-0.15, -0.1) is 11.6 Å². The fourth-order valence-corrected chi connectivity index (χ4v) is 2.05. The normalized spacial score (nSPS) is 10.6. The molecule has 0 saturated heterocycles. The summed E-state index contributed by atoms with van der Waals surface area (Å²) < 4.78 is 4.85. The predicted octanol–water partition coefficient (Wildman–Crippen LogP) is 4.39. The zero-order chi connectivity index (χ0) is 10.8. The van der Waals surface area contributed by atoms with Gasteiger partial charge in [-0.2, -0.15) is 0 Å². The van der Waals surface area contributed by atoms with Crippen LogP contribution in [0.1, 0.15) is 5.56 Å². The van der Waals surface area contributed by atoms with Crippen molar-refractivity contribution in [3.63, 3.8) is 0 Å². The highest BCUT2D eigenvalue weighted by molar-refractivity contribution is 6.39. The van der Waals surface area contributed by atoms with Gasteiger partial charge in [-0.1, -0.05) is 34.4 Å². The molecule has 0 spiro atoms. The van der Waals surface area contributed by atoms with Crippen molar-refractivity contribution in [1.82, 2.24) is 5.16 Å². The number of benzene rings is 1. The van der Waals surface area contributed by atoms with E-state index in [4.69, 9.17) is 39.3 Å². The average Bonchev–Trinajstić information content (AvgIpc) is 2.65. The molecule has 0 saturated carbocycles. The Balaban J connectivity index is 2.63. The molecule has 0 atom stereocenters. The summed E-state index contributed by atoms with van der Waals surface area (Å²) in [6.45, 7) is 0. The lowest BCUT2D eigenvalue weighted by Crippen LogP contribution is -1.85. The van der Waals surface area contributed by atoms with Gasteiger partial charge in [-0.25, -0.2) is 0 Å². The molecule has 0 N–H and O–H groups in total. The molecule has 2 nitrogen and oxygen atoms in total. The highest BCUT2D eigenvalue weighted by Gasteiger charge is 2.15. The maximum atomic E-state index is 6.04. The Labute approximate surface area is 102 Å². The number of nitrogens with zero attached hydrogens (tertiary/aromatic N) is 1. The molecule has 0 radical (unpaired) electrons. The van der Waals surface area contributed by atoms with Crippen molar-refractivity contribution < 1.29 is 4.52 Å². The summed E-state index contributed by atoms with van der Waals surface area (Å²) in [5, 5.41) is 4.91. The Hall–Kier alpha value is -0.700. The fourth-order valence-electron chi connectivity index (χ4n) is 1.28. The summed E-state index contributed by atoms with van der Waals surface area (Å²) >= 11 is 17.8. The quantitative estimate of drug-likeness (QED) is 0.750. The third-order valence-corrected chi connectivity index (χ3v) is 2.90. The van der Waals surface area contributed by atoms with Gasteiger partial charge in [-0.3, -0.25) is 0 Å². The van der Waals surface area contributed by atoms with E-state index in [2.05, 4.69) is 5.16 Å².